The van der Waals surface area contributed by atoms with Crippen molar-refractivity contribution in [2.24, 2.45) is 0 Å². The van der Waals surface area contributed by atoms with E-state index < -0.39 is 5.79 Å². The van der Waals surface area contributed by atoms with Gasteiger partial charge in [0, 0.05) is 37.6 Å². The largest absolute Gasteiger partial charge is 0.378 e. The minimum absolute atomic E-state index is 0.118. The summed E-state index contributed by atoms with van der Waals surface area (Å²) in [7, 11) is 0. The Morgan fingerprint density at radius 1 is 1.16 bits per heavy atom. The molecule has 0 spiro atoms. The second-order valence-corrected chi connectivity index (χ2v) is 7.87. The lowest BCUT2D eigenvalue weighted by atomic mass is 10.1. The highest BCUT2D eigenvalue weighted by atomic mass is 19.1. The van der Waals surface area contributed by atoms with Gasteiger partial charge in [-0.1, -0.05) is 6.07 Å². The Morgan fingerprint density at radius 3 is 2.78 bits per heavy atom. The molecule has 9 nitrogen and oxygen atoms in total. The van der Waals surface area contributed by atoms with Gasteiger partial charge in [-0.05, 0) is 18.2 Å². The van der Waals surface area contributed by atoms with E-state index in [9.17, 15) is 9.50 Å². The number of anilines is 2. The minimum atomic E-state index is -1.35. The monoisotopic (exact) mass is 440 g/mol. The van der Waals surface area contributed by atoms with Gasteiger partial charge in [-0.3, -0.25) is 4.98 Å². The number of aliphatic hydroxyl groups is 1. The quantitative estimate of drug-likeness (QED) is 0.543. The lowest BCUT2D eigenvalue weighted by Gasteiger charge is -2.33. The molecule has 3 aromatic rings. The van der Waals surface area contributed by atoms with Crippen LogP contribution in [0.5, 0.6) is 0 Å². The van der Waals surface area contributed by atoms with E-state index >= 15 is 0 Å². The number of pyridine rings is 1. The van der Waals surface area contributed by atoms with E-state index in [1.165, 1.54) is 6.07 Å². The first kappa shape index (κ1) is 21.0. The zero-order chi connectivity index (χ0) is 22.0. The highest BCUT2D eigenvalue weighted by Gasteiger charge is 2.30. The molecular formula is C22H25FN6O3. The van der Waals surface area contributed by atoms with E-state index in [2.05, 4.69) is 25.6 Å². The van der Waals surface area contributed by atoms with Gasteiger partial charge in [-0.15, -0.1) is 0 Å². The van der Waals surface area contributed by atoms with Crippen molar-refractivity contribution in [3.8, 4) is 11.3 Å². The molecule has 2 aliphatic rings. The molecule has 0 unspecified atom stereocenters. The first-order valence-corrected chi connectivity index (χ1v) is 10.7. The van der Waals surface area contributed by atoms with Gasteiger partial charge in [-0.25, -0.2) is 14.4 Å². The van der Waals surface area contributed by atoms with Crippen molar-refractivity contribution in [3.05, 3.63) is 42.5 Å². The van der Waals surface area contributed by atoms with Crippen molar-refractivity contribution in [2.45, 2.75) is 5.79 Å². The lowest BCUT2D eigenvalue weighted by Crippen LogP contribution is -2.53. The molecule has 168 valence electrons. The number of fused-ring (bicyclic) bond motifs is 1. The lowest BCUT2D eigenvalue weighted by molar-refractivity contribution is -0.203. The molecule has 1 aromatic carbocycles. The van der Waals surface area contributed by atoms with Crippen LogP contribution < -0.4 is 15.5 Å². The fourth-order valence-corrected chi connectivity index (χ4v) is 3.95. The van der Waals surface area contributed by atoms with Gasteiger partial charge in [0.1, 0.15) is 11.3 Å². The third-order valence-electron chi connectivity index (χ3n) is 5.63. The maximum atomic E-state index is 15.0. The predicted octanol–water partition coefficient (Wildman–Crippen LogP) is 1.39. The SMILES string of the molecule is O[C@]1(CNc2nc(-c3ccc(N4CCOCC4)c(F)c3)cc3nccnc23)CNCCO1. The molecule has 5 rings (SSSR count). The Bertz CT molecular complexity index is 1100. The number of ether oxygens (including phenoxy) is 2. The van der Waals surface area contributed by atoms with Gasteiger partial charge < -0.3 is 30.1 Å². The molecule has 32 heavy (non-hydrogen) atoms. The second kappa shape index (κ2) is 8.91. The Kier molecular flexibility index (Phi) is 5.83. The summed E-state index contributed by atoms with van der Waals surface area (Å²) in [5, 5.41) is 16.9. The predicted molar refractivity (Wildman–Crippen MR) is 118 cm³/mol. The zero-order valence-electron chi connectivity index (χ0n) is 17.6. The number of halogens is 1. The fraction of sp³-hybridized carbons (Fsp3) is 0.409. The number of rotatable bonds is 5. The molecule has 0 aliphatic carbocycles. The van der Waals surface area contributed by atoms with Crippen LogP contribution >= 0.6 is 0 Å². The number of nitrogens with zero attached hydrogens (tertiary/aromatic N) is 4. The average molecular weight is 440 g/mol. The molecule has 1 atom stereocenters. The van der Waals surface area contributed by atoms with Crippen molar-refractivity contribution in [1.82, 2.24) is 20.3 Å². The van der Waals surface area contributed by atoms with Crippen molar-refractivity contribution in [2.75, 3.05) is 62.8 Å². The van der Waals surface area contributed by atoms with E-state index in [4.69, 9.17) is 9.47 Å². The summed E-state index contributed by atoms with van der Waals surface area (Å²) >= 11 is 0. The Balaban J connectivity index is 1.45. The molecule has 2 aromatic heterocycles. The topological polar surface area (TPSA) is 105 Å². The summed E-state index contributed by atoms with van der Waals surface area (Å²) in [5.41, 5.74) is 2.92. The number of β-amino-alcohol motifs (C(OH)–C–C–N with tert-alkyl or cyclic N) is 1. The zero-order valence-corrected chi connectivity index (χ0v) is 17.6. The molecule has 2 aliphatic heterocycles. The molecule has 3 N–H and O–H groups in total. The number of hydrogen-bond acceptors (Lipinski definition) is 9. The highest BCUT2D eigenvalue weighted by Crippen LogP contribution is 2.29. The molecule has 0 bridgehead atoms. The van der Waals surface area contributed by atoms with Gasteiger partial charge in [0.05, 0.1) is 49.8 Å². The van der Waals surface area contributed by atoms with E-state index in [1.807, 2.05) is 11.0 Å². The third kappa shape index (κ3) is 4.35. The number of morpholine rings is 2. The van der Waals surface area contributed by atoms with Crippen molar-refractivity contribution >= 4 is 22.5 Å². The van der Waals surface area contributed by atoms with Crippen molar-refractivity contribution in [1.29, 1.82) is 0 Å². The normalized spacial score (nSPS) is 21.6. The van der Waals surface area contributed by atoms with E-state index in [0.29, 0.717) is 79.8 Å². The summed E-state index contributed by atoms with van der Waals surface area (Å²) < 4.78 is 25.8. The molecule has 0 saturated carbocycles. The molecule has 0 amide bonds. The van der Waals surface area contributed by atoms with Crippen molar-refractivity contribution in [3.63, 3.8) is 0 Å². The van der Waals surface area contributed by atoms with Crippen LogP contribution in [0.25, 0.3) is 22.3 Å². The van der Waals surface area contributed by atoms with Crippen LogP contribution in [0.2, 0.25) is 0 Å². The van der Waals surface area contributed by atoms with Crippen LogP contribution in [-0.2, 0) is 9.47 Å². The van der Waals surface area contributed by atoms with Crippen LogP contribution in [0.15, 0.2) is 36.7 Å². The molecule has 0 radical (unpaired) electrons. The summed E-state index contributed by atoms with van der Waals surface area (Å²) in [6.45, 7) is 4.03. The van der Waals surface area contributed by atoms with Gasteiger partial charge in [0.2, 0.25) is 0 Å². The van der Waals surface area contributed by atoms with Crippen LogP contribution in [0.4, 0.5) is 15.9 Å². The Morgan fingerprint density at radius 2 is 2.00 bits per heavy atom. The van der Waals surface area contributed by atoms with Crippen LogP contribution in [0.1, 0.15) is 0 Å². The molecular weight excluding hydrogens is 415 g/mol. The van der Waals surface area contributed by atoms with Crippen molar-refractivity contribution < 1.29 is 19.0 Å². The van der Waals surface area contributed by atoms with E-state index in [-0.39, 0.29) is 12.4 Å². The number of hydrogen-bond donors (Lipinski definition) is 3. The first-order chi connectivity index (χ1) is 15.6. The Hall–Kier alpha value is -2.92. The average Bonchev–Trinajstić information content (AvgIpc) is 2.83. The maximum absolute atomic E-state index is 15.0. The molecule has 2 fully saturated rings. The van der Waals surface area contributed by atoms with Gasteiger partial charge in [0.25, 0.3) is 0 Å². The van der Waals surface area contributed by atoms with Gasteiger partial charge >= 0.3 is 0 Å². The smallest absolute Gasteiger partial charge is 0.195 e. The maximum Gasteiger partial charge on any atom is 0.195 e. The molecule has 10 heteroatoms. The standard InChI is InChI=1S/C22H25FN6O3/c23-16-11-15(1-2-19(16)29-6-9-31-10-7-29)17-12-18-20(26-4-3-25-18)21(28-17)27-14-22(30)13-24-5-8-32-22/h1-4,11-12,24,30H,5-10,13-14H2,(H,27,28)/t22-/m1/s1. The molecule has 2 saturated heterocycles. The fourth-order valence-electron chi connectivity index (χ4n) is 3.95. The number of aromatic nitrogens is 3. The number of nitrogens with one attached hydrogen (secondary N) is 2. The van der Waals surface area contributed by atoms with E-state index in [0.717, 1.165) is 0 Å². The summed E-state index contributed by atoms with van der Waals surface area (Å²) in [5.74, 6) is -1.21. The Labute approximate surface area is 184 Å². The van der Waals surface area contributed by atoms with Crippen LogP contribution in [0.3, 0.4) is 0 Å². The number of benzene rings is 1. The van der Waals surface area contributed by atoms with Crippen LogP contribution in [-0.4, -0.2) is 78.4 Å². The summed E-state index contributed by atoms with van der Waals surface area (Å²) in [4.78, 5) is 15.4. The highest BCUT2D eigenvalue weighted by molar-refractivity contribution is 5.88. The summed E-state index contributed by atoms with van der Waals surface area (Å²) in [6, 6.07) is 6.89. The minimum Gasteiger partial charge on any atom is -0.378 e. The first-order valence-electron chi connectivity index (χ1n) is 10.7. The molecule has 4 heterocycles. The van der Waals surface area contributed by atoms with Crippen LogP contribution in [0, 0.1) is 5.82 Å². The third-order valence-corrected chi connectivity index (χ3v) is 5.63. The summed E-state index contributed by atoms with van der Waals surface area (Å²) in [6.07, 6.45) is 3.18. The van der Waals surface area contributed by atoms with Gasteiger partial charge in [-0.2, -0.15) is 0 Å². The second-order valence-electron chi connectivity index (χ2n) is 7.87. The van der Waals surface area contributed by atoms with E-state index in [1.54, 1.807) is 24.5 Å². The van der Waals surface area contributed by atoms with Gasteiger partial charge in [0.15, 0.2) is 11.6 Å².